The first-order valence-electron chi connectivity index (χ1n) is 3.87. The summed E-state index contributed by atoms with van der Waals surface area (Å²) >= 11 is 0. The van der Waals surface area contributed by atoms with E-state index in [1.54, 1.807) is 13.8 Å². The summed E-state index contributed by atoms with van der Waals surface area (Å²) in [6, 6.07) is 0. The van der Waals surface area contributed by atoms with Gasteiger partial charge in [-0.15, -0.1) is 0 Å². The number of hydrogen-bond acceptors (Lipinski definition) is 4. The van der Waals surface area contributed by atoms with E-state index in [0.29, 0.717) is 19.4 Å². The highest BCUT2D eigenvalue weighted by molar-refractivity contribution is 7.88. The standard InChI is InChI=1S/C7H17NO3S/c1-7(2,5-4-6-8)12(9,10)11-3/h4-6,8H2,1-3H3. The zero-order valence-corrected chi connectivity index (χ0v) is 8.65. The van der Waals surface area contributed by atoms with Crippen molar-refractivity contribution in [3.8, 4) is 0 Å². The molecule has 0 amide bonds. The lowest BCUT2D eigenvalue weighted by Gasteiger charge is -2.22. The molecule has 0 saturated carbocycles. The van der Waals surface area contributed by atoms with Crippen molar-refractivity contribution in [2.75, 3.05) is 13.7 Å². The summed E-state index contributed by atoms with van der Waals surface area (Å²) in [5.41, 5.74) is 5.28. The van der Waals surface area contributed by atoms with Crippen LogP contribution in [0, 0.1) is 0 Å². The Kier molecular flexibility index (Phi) is 4.16. The van der Waals surface area contributed by atoms with Gasteiger partial charge in [-0.1, -0.05) is 0 Å². The van der Waals surface area contributed by atoms with Crippen molar-refractivity contribution in [1.29, 1.82) is 0 Å². The lowest BCUT2D eigenvalue weighted by atomic mass is 10.1. The van der Waals surface area contributed by atoms with Crippen molar-refractivity contribution >= 4 is 10.1 Å². The molecule has 0 fully saturated rings. The van der Waals surface area contributed by atoms with Gasteiger partial charge in [0.1, 0.15) is 0 Å². The van der Waals surface area contributed by atoms with Crippen molar-refractivity contribution in [2.45, 2.75) is 31.4 Å². The second-order valence-electron chi connectivity index (χ2n) is 3.27. The van der Waals surface area contributed by atoms with Crippen LogP contribution in [0.25, 0.3) is 0 Å². The highest BCUT2D eigenvalue weighted by atomic mass is 32.2. The van der Waals surface area contributed by atoms with E-state index in [1.165, 1.54) is 7.11 Å². The normalized spacial score (nSPS) is 13.3. The number of rotatable bonds is 5. The molecule has 0 atom stereocenters. The van der Waals surface area contributed by atoms with E-state index in [9.17, 15) is 8.42 Å². The molecule has 0 radical (unpaired) electrons. The molecule has 0 bridgehead atoms. The monoisotopic (exact) mass is 195 g/mol. The molecule has 5 heteroatoms. The molecule has 0 spiro atoms. The van der Waals surface area contributed by atoms with Crippen molar-refractivity contribution in [1.82, 2.24) is 0 Å². The Morgan fingerprint density at radius 1 is 1.42 bits per heavy atom. The summed E-state index contributed by atoms with van der Waals surface area (Å²) in [5, 5.41) is 0. The van der Waals surface area contributed by atoms with Crippen LogP contribution in [0.15, 0.2) is 0 Å². The van der Waals surface area contributed by atoms with Gasteiger partial charge in [-0.25, -0.2) is 0 Å². The SMILES string of the molecule is COS(=O)(=O)C(C)(C)CCCN. The van der Waals surface area contributed by atoms with Crippen molar-refractivity contribution in [3.05, 3.63) is 0 Å². The fourth-order valence-corrected chi connectivity index (χ4v) is 1.72. The molecular weight excluding hydrogens is 178 g/mol. The van der Waals surface area contributed by atoms with E-state index in [1.807, 2.05) is 0 Å². The van der Waals surface area contributed by atoms with Crippen molar-refractivity contribution in [2.24, 2.45) is 5.73 Å². The van der Waals surface area contributed by atoms with Gasteiger partial charge in [0.05, 0.1) is 11.9 Å². The molecular formula is C7H17NO3S. The van der Waals surface area contributed by atoms with Crippen molar-refractivity contribution < 1.29 is 12.6 Å². The highest BCUT2D eigenvalue weighted by Gasteiger charge is 2.33. The van der Waals surface area contributed by atoms with E-state index >= 15 is 0 Å². The minimum Gasteiger partial charge on any atom is -0.330 e. The summed E-state index contributed by atoms with van der Waals surface area (Å²) in [5.74, 6) is 0. The Morgan fingerprint density at radius 2 is 1.92 bits per heavy atom. The third-order valence-corrected chi connectivity index (χ3v) is 3.88. The first kappa shape index (κ1) is 11.9. The van der Waals surface area contributed by atoms with Crippen LogP contribution in [0.2, 0.25) is 0 Å². The second-order valence-corrected chi connectivity index (χ2v) is 5.62. The smallest absolute Gasteiger partial charge is 0.272 e. The largest absolute Gasteiger partial charge is 0.330 e. The van der Waals surface area contributed by atoms with Crippen LogP contribution in [0.1, 0.15) is 26.7 Å². The van der Waals surface area contributed by atoms with Gasteiger partial charge in [0.2, 0.25) is 0 Å². The van der Waals surface area contributed by atoms with Gasteiger partial charge < -0.3 is 5.73 Å². The maximum absolute atomic E-state index is 11.3. The van der Waals surface area contributed by atoms with E-state index in [-0.39, 0.29) is 0 Å². The van der Waals surface area contributed by atoms with Gasteiger partial charge in [0.25, 0.3) is 10.1 Å². The zero-order valence-electron chi connectivity index (χ0n) is 7.83. The third kappa shape index (κ3) is 2.73. The molecule has 2 N–H and O–H groups in total. The van der Waals surface area contributed by atoms with E-state index < -0.39 is 14.9 Å². The summed E-state index contributed by atoms with van der Waals surface area (Å²) in [6.07, 6.45) is 1.22. The molecule has 0 heterocycles. The van der Waals surface area contributed by atoms with Gasteiger partial charge >= 0.3 is 0 Å². The third-order valence-electron chi connectivity index (χ3n) is 1.88. The summed E-state index contributed by atoms with van der Waals surface area (Å²) < 4.78 is 26.1. The van der Waals surface area contributed by atoms with Crippen LogP contribution in [0.4, 0.5) is 0 Å². The Balaban J connectivity index is 4.39. The number of nitrogens with two attached hydrogens (primary N) is 1. The van der Waals surface area contributed by atoms with E-state index in [2.05, 4.69) is 4.18 Å². The fourth-order valence-electron chi connectivity index (χ4n) is 0.878. The molecule has 12 heavy (non-hydrogen) atoms. The van der Waals surface area contributed by atoms with Crippen LogP contribution in [-0.4, -0.2) is 26.8 Å². The van der Waals surface area contributed by atoms with Crippen LogP contribution >= 0.6 is 0 Å². The Hall–Kier alpha value is -0.130. The molecule has 0 rings (SSSR count). The lowest BCUT2D eigenvalue weighted by Crippen LogP contribution is -2.33. The fraction of sp³-hybridized carbons (Fsp3) is 1.00. The summed E-state index contributed by atoms with van der Waals surface area (Å²) in [7, 11) is -2.25. The Bertz CT molecular complexity index is 221. The predicted octanol–water partition coefficient (Wildman–Crippen LogP) is 0.480. The first-order valence-corrected chi connectivity index (χ1v) is 5.28. The minimum atomic E-state index is -3.43. The maximum atomic E-state index is 11.3. The van der Waals surface area contributed by atoms with Crippen LogP contribution in [-0.2, 0) is 14.3 Å². The van der Waals surface area contributed by atoms with Crippen LogP contribution in [0.3, 0.4) is 0 Å². The van der Waals surface area contributed by atoms with Gasteiger partial charge in [-0.2, -0.15) is 8.42 Å². The summed E-state index contributed by atoms with van der Waals surface area (Å²) in [6.45, 7) is 3.78. The molecule has 0 aromatic rings. The maximum Gasteiger partial charge on any atom is 0.272 e. The zero-order chi connectivity index (χ0) is 9.83. The molecule has 0 aliphatic rings. The van der Waals surface area contributed by atoms with Crippen molar-refractivity contribution in [3.63, 3.8) is 0 Å². The van der Waals surface area contributed by atoms with Gasteiger partial charge in [0, 0.05) is 0 Å². The van der Waals surface area contributed by atoms with Gasteiger partial charge in [0.15, 0.2) is 0 Å². The average Bonchev–Trinajstić information content (AvgIpc) is 2.00. The average molecular weight is 195 g/mol. The van der Waals surface area contributed by atoms with E-state index in [0.717, 1.165) is 0 Å². The Morgan fingerprint density at radius 3 is 2.25 bits per heavy atom. The second kappa shape index (κ2) is 4.20. The Labute approximate surface area is 74.2 Å². The quantitative estimate of drug-likeness (QED) is 0.648. The molecule has 0 aromatic carbocycles. The van der Waals surface area contributed by atoms with Gasteiger partial charge in [-0.3, -0.25) is 4.18 Å². The molecule has 74 valence electrons. The lowest BCUT2D eigenvalue weighted by molar-refractivity contribution is 0.364. The molecule has 4 nitrogen and oxygen atoms in total. The van der Waals surface area contributed by atoms with Gasteiger partial charge in [-0.05, 0) is 33.2 Å². The predicted molar refractivity (Wildman–Crippen MR) is 48.3 cm³/mol. The number of hydrogen-bond donors (Lipinski definition) is 1. The molecule has 0 aromatic heterocycles. The molecule has 0 aliphatic heterocycles. The molecule has 0 aliphatic carbocycles. The van der Waals surface area contributed by atoms with Crippen LogP contribution in [0.5, 0.6) is 0 Å². The van der Waals surface area contributed by atoms with E-state index in [4.69, 9.17) is 5.73 Å². The summed E-state index contributed by atoms with van der Waals surface area (Å²) in [4.78, 5) is 0. The minimum absolute atomic E-state index is 0.503. The molecule has 0 unspecified atom stereocenters. The van der Waals surface area contributed by atoms with Crippen LogP contribution < -0.4 is 5.73 Å². The first-order chi connectivity index (χ1) is 5.37. The topological polar surface area (TPSA) is 69.4 Å². The highest BCUT2D eigenvalue weighted by Crippen LogP contribution is 2.22. The molecule has 0 saturated heterocycles.